The molecule has 0 atom stereocenters. The van der Waals surface area contributed by atoms with E-state index in [0.29, 0.717) is 42.4 Å². The quantitative estimate of drug-likeness (QED) is 0.116. The van der Waals surface area contributed by atoms with Gasteiger partial charge in [-0.1, -0.05) is 24.6 Å². The van der Waals surface area contributed by atoms with Crippen molar-refractivity contribution < 1.29 is 28.1 Å². The molecular formula is C37H45FN6O5. The Balaban J connectivity index is 1.39. The lowest BCUT2D eigenvalue weighted by atomic mass is 10.1. The van der Waals surface area contributed by atoms with Crippen LogP contribution in [0.3, 0.4) is 0 Å². The molecule has 49 heavy (non-hydrogen) atoms. The van der Waals surface area contributed by atoms with Gasteiger partial charge in [-0.25, -0.2) is 9.37 Å². The standard InChI is InChI=1S/C37H45FN6O5/c1-24-10-8-11-25(2)33(24)42-35(45)28-23-40-37(43-36(28)49-34-31(46-3)20-26(14-15-39)21-32(34)47-4)41-27-12-13-30(29(38)22-27)48-19-9-18-44-16-6-5-7-17-44/h8,10-13,20-23H,5-7,9,14-19,39H2,1-4H3,(H,42,45)(H,40,41,43). The van der Waals surface area contributed by atoms with E-state index in [1.807, 2.05) is 32.0 Å². The summed E-state index contributed by atoms with van der Waals surface area (Å²) in [4.78, 5) is 25.0. The average molecular weight is 673 g/mol. The molecule has 12 heteroatoms. The van der Waals surface area contributed by atoms with Crippen molar-refractivity contribution >= 4 is 23.2 Å². The number of para-hydroxylation sites is 1. The van der Waals surface area contributed by atoms with E-state index in [0.717, 1.165) is 42.7 Å². The highest BCUT2D eigenvalue weighted by molar-refractivity contribution is 6.06. The molecule has 1 aromatic heterocycles. The second-order valence-electron chi connectivity index (χ2n) is 12.0. The average Bonchev–Trinajstić information content (AvgIpc) is 3.10. The van der Waals surface area contributed by atoms with E-state index in [-0.39, 0.29) is 28.9 Å². The molecule has 1 amide bonds. The van der Waals surface area contributed by atoms with Crippen molar-refractivity contribution in [2.24, 2.45) is 5.73 Å². The second kappa shape index (κ2) is 16.9. The van der Waals surface area contributed by atoms with Crippen LogP contribution in [0.4, 0.5) is 21.7 Å². The van der Waals surface area contributed by atoms with Gasteiger partial charge in [0.15, 0.2) is 23.1 Å². The van der Waals surface area contributed by atoms with Crippen molar-refractivity contribution in [1.82, 2.24) is 14.9 Å². The molecule has 2 heterocycles. The minimum absolute atomic E-state index is 0.0582. The van der Waals surface area contributed by atoms with Crippen LogP contribution < -0.4 is 35.3 Å². The molecule has 3 aromatic carbocycles. The molecule has 0 unspecified atom stereocenters. The van der Waals surface area contributed by atoms with Gasteiger partial charge in [0.1, 0.15) is 5.56 Å². The Morgan fingerprint density at radius 2 is 1.69 bits per heavy atom. The first-order valence-corrected chi connectivity index (χ1v) is 16.6. The van der Waals surface area contributed by atoms with Gasteiger partial charge in [0.05, 0.1) is 20.8 Å². The number of aryl methyl sites for hydroxylation is 2. The number of carbonyl (C=O) groups is 1. The van der Waals surface area contributed by atoms with Crippen LogP contribution >= 0.6 is 0 Å². The molecular weight excluding hydrogens is 627 g/mol. The summed E-state index contributed by atoms with van der Waals surface area (Å²) >= 11 is 0. The number of ether oxygens (including phenoxy) is 4. The Kier molecular flexibility index (Phi) is 12.2. The molecule has 0 spiro atoms. The molecule has 0 bridgehead atoms. The van der Waals surface area contributed by atoms with Crippen LogP contribution in [0.25, 0.3) is 0 Å². The van der Waals surface area contributed by atoms with E-state index in [4.69, 9.17) is 24.7 Å². The lowest BCUT2D eigenvalue weighted by Gasteiger charge is -2.26. The zero-order chi connectivity index (χ0) is 34.8. The van der Waals surface area contributed by atoms with Crippen LogP contribution in [0.1, 0.15) is 52.7 Å². The monoisotopic (exact) mass is 672 g/mol. The molecule has 1 aliphatic heterocycles. The van der Waals surface area contributed by atoms with Crippen LogP contribution in [0.2, 0.25) is 0 Å². The summed E-state index contributed by atoms with van der Waals surface area (Å²) in [5.74, 6) is 0.121. The highest BCUT2D eigenvalue weighted by Gasteiger charge is 2.23. The topological polar surface area (TPSA) is 133 Å². The summed E-state index contributed by atoms with van der Waals surface area (Å²) in [7, 11) is 3.01. The molecule has 4 N–H and O–H groups in total. The third kappa shape index (κ3) is 9.15. The number of rotatable bonds is 15. The van der Waals surface area contributed by atoms with E-state index < -0.39 is 11.7 Å². The number of likely N-dealkylation sites (tertiary alicyclic amines) is 1. The second-order valence-corrected chi connectivity index (χ2v) is 12.0. The van der Waals surface area contributed by atoms with Crippen molar-refractivity contribution in [1.29, 1.82) is 0 Å². The first-order chi connectivity index (χ1) is 23.8. The molecule has 260 valence electrons. The number of aromatic nitrogens is 2. The van der Waals surface area contributed by atoms with Crippen molar-refractivity contribution in [2.45, 2.75) is 46.0 Å². The number of nitrogens with one attached hydrogen (secondary N) is 2. The van der Waals surface area contributed by atoms with E-state index in [1.165, 1.54) is 45.7 Å². The van der Waals surface area contributed by atoms with Gasteiger partial charge in [0, 0.05) is 30.2 Å². The first kappa shape index (κ1) is 35.4. The maximum atomic E-state index is 15.1. The van der Waals surface area contributed by atoms with Gasteiger partial charge in [-0.3, -0.25) is 4.79 Å². The fraction of sp³-hybridized carbons (Fsp3) is 0.378. The number of halogens is 1. The van der Waals surface area contributed by atoms with E-state index in [2.05, 4.69) is 25.5 Å². The molecule has 0 saturated carbocycles. The molecule has 0 radical (unpaired) electrons. The van der Waals surface area contributed by atoms with Gasteiger partial charge in [-0.15, -0.1) is 0 Å². The lowest BCUT2D eigenvalue weighted by Crippen LogP contribution is -2.31. The predicted octanol–water partition coefficient (Wildman–Crippen LogP) is 6.79. The van der Waals surface area contributed by atoms with Crippen LogP contribution in [0, 0.1) is 19.7 Å². The Hall–Kier alpha value is -4.94. The number of carbonyl (C=O) groups excluding carboxylic acids is 1. The summed E-state index contributed by atoms with van der Waals surface area (Å²) in [6.07, 6.45) is 6.52. The number of hydrogen-bond acceptors (Lipinski definition) is 10. The zero-order valence-corrected chi connectivity index (χ0v) is 28.6. The Morgan fingerprint density at radius 1 is 0.980 bits per heavy atom. The predicted molar refractivity (Wildman–Crippen MR) is 188 cm³/mol. The fourth-order valence-electron chi connectivity index (χ4n) is 5.77. The number of amides is 1. The smallest absolute Gasteiger partial charge is 0.262 e. The molecule has 4 aromatic rings. The summed E-state index contributed by atoms with van der Waals surface area (Å²) in [5, 5.41) is 5.98. The number of hydrogen-bond donors (Lipinski definition) is 3. The number of methoxy groups -OCH3 is 2. The molecule has 1 saturated heterocycles. The maximum absolute atomic E-state index is 15.1. The molecule has 5 rings (SSSR count). The van der Waals surface area contributed by atoms with Crippen LogP contribution in [0.15, 0.2) is 54.7 Å². The van der Waals surface area contributed by atoms with Crippen molar-refractivity contribution in [3.8, 4) is 28.9 Å². The van der Waals surface area contributed by atoms with Gasteiger partial charge in [-0.2, -0.15) is 4.98 Å². The van der Waals surface area contributed by atoms with E-state index >= 15 is 4.39 Å². The Morgan fingerprint density at radius 3 is 2.35 bits per heavy atom. The number of nitrogens with two attached hydrogens (primary N) is 1. The van der Waals surface area contributed by atoms with Crippen LogP contribution in [-0.2, 0) is 6.42 Å². The summed E-state index contributed by atoms with van der Waals surface area (Å²) < 4.78 is 38.4. The Bertz CT molecular complexity index is 1700. The third-order valence-corrected chi connectivity index (χ3v) is 8.38. The first-order valence-electron chi connectivity index (χ1n) is 16.6. The lowest BCUT2D eigenvalue weighted by molar-refractivity contribution is 0.102. The third-order valence-electron chi connectivity index (χ3n) is 8.38. The number of anilines is 3. The minimum atomic E-state index is -0.518. The number of benzene rings is 3. The van der Waals surface area contributed by atoms with Crippen molar-refractivity contribution in [3.63, 3.8) is 0 Å². The highest BCUT2D eigenvalue weighted by Crippen LogP contribution is 2.42. The minimum Gasteiger partial charge on any atom is -0.493 e. The van der Waals surface area contributed by atoms with Gasteiger partial charge in [0.2, 0.25) is 17.6 Å². The zero-order valence-electron chi connectivity index (χ0n) is 28.6. The number of nitrogens with zero attached hydrogens (tertiary/aromatic N) is 3. The fourth-order valence-corrected chi connectivity index (χ4v) is 5.77. The SMILES string of the molecule is COc1cc(CCN)cc(OC)c1Oc1nc(Nc2ccc(OCCCN3CCCCC3)c(F)c2)ncc1C(=O)Nc1c(C)cccc1C. The van der Waals surface area contributed by atoms with Crippen LogP contribution in [-0.4, -0.2) is 67.8 Å². The van der Waals surface area contributed by atoms with E-state index in [9.17, 15) is 4.79 Å². The summed E-state index contributed by atoms with van der Waals surface area (Å²) in [5.41, 5.74) is 9.57. The maximum Gasteiger partial charge on any atom is 0.262 e. The van der Waals surface area contributed by atoms with Crippen LogP contribution in [0.5, 0.6) is 28.9 Å². The Labute approximate surface area is 286 Å². The number of piperidine rings is 1. The molecule has 11 nitrogen and oxygen atoms in total. The van der Waals surface area contributed by atoms with Gasteiger partial charge in [-0.05, 0) is 100 Å². The van der Waals surface area contributed by atoms with Gasteiger partial charge >= 0.3 is 0 Å². The largest absolute Gasteiger partial charge is 0.493 e. The molecule has 1 fully saturated rings. The summed E-state index contributed by atoms with van der Waals surface area (Å²) in [6.45, 7) is 7.85. The van der Waals surface area contributed by atoms with Gasteiger partial charge < -0.3 is 40.2 Å². The molecule has 1 aliphatic rings. The summed E-state index contributed by atoms with van der Waals surface area (Å²) in [6, 6.07) is 13.9. The normalized spacial score (nSPS) is 13.1. The molecule has 0 aliphatic carbocycles. The highest BCUT2D eigenvalue weighted by atomic mass is 19.1. The van der Waals surface area contributed by atoms with Crippen molar-refractivity contribution in [3.05, 3.63) is 82.8 Å². The van der Waals surface area contributed by atoms with E-state index in [1.54, 1.807) is 24.3 Å². The van der Waals surface area contributed by atoms with Gasteiger partial charge in [0.25, 0.3) is 5.91 Å². The van der Waals surface area contributed by atoms with Crippen molar-refractivity contribution in [2.75, 3.05) is 57.6 Å².